The molecule has 6 heteroatoms. The molecule has 2 aliphatic carbocycles. The average molecular weight is 262 g/mol. The number of amides is 1. The molecule has 2 atom stereocenters. The summed E-state index contributed by atoms with van der Waals surface area (Å²) >= 11 is 0. The first-order valence-corrected chi connectivity index (χ1v) is 7.16. The van der Waals surface area contributed by atoms with Crippen LogP contribution in [-0.2, 0) is 4.74 Å². The van der Waals surface area contributed by atoms with Gasteiger partial charge in [0.2, 0.25) is 5.82 Å². The minimum atomic E-state index is -0.177. The Balaban J connectivity index is 1.41. The molecule has 1 amide bonds. The lowest BCUT2D eigenvalue weighted by molar-refractivity contribution is 0.0725. The Hall–Kier alpha value is -1.43. The summed E-state index contributed by atoms with van der Waals surface area (Å²) in [5.74, 6) is 2.07. The van der Waals surface area contributed by atoms with Crippen LogP contribution < -0.4 is 5.32 Å². The van der Waals surface area contributed by atoms with Crippen LogP contribution in [0.1, 0.15) is 54.5 Å². The fraction of sp³-hybridized carbons (Fsp3) is 0.769. The highest BCUT2D eigenvalue weighted by molar-refractivity contribution is 5.90. The minimum absolute atomic E-state index is 0.128. The van der Waals surface area contributed by atoms with Crippen LogP contribution in [-0.4, -0.2) is 39.8 Å². The van der Waals surface area contributed by atoms with Crippen molar-refractivity contribution in [3.63, 3.8) is 0 Å². The molecular weight excluding hydrogens is 244 g/mol. The molecule has 2 N–H and O–H groups in total. The SMILES string of the molecule is O=C(NC1CCOC1C1CC1)c1n[nH]c(C2CC2)n1. The smallest absolute Gasteiger partial charge is 0.291 e. The highest BCUT2D eigenvalue weighted by Crippen LogP contribution is 2.39. The van der Waals surface area contributed by atoms with Crippen LogP contribution in [0.15, 0.2) is 0 Å². The highest BCUT2D eigenvalue weighted by Gasteiger charge is 2.41. The van der Waals surface area contributed by atoms with Crippen LogP contribution in [0.25, 0.3) is 0 Å². The normalized spacial score (nSPS) is 30.5. The monoisotopic (exact) mass is 262 g/mol. The molecule has 6 nitrogen and oxygen atoms in total. The molecule has 0 aromatic carbocycles. The van der Waals surface area contributed by atoms with Gasteiger partial charge in [0.05, 0.1) is 12.1 Å². The predicted octanol–water partition coefficient (Wildman–Crippen LogP) is 0.979. The molecule has 1 aromatic heterocycles. The maximum atomic E-state index is 12.1. The van der Waals surface area contributed by atoms with Gasteiger partial charge in [0.15, 0.2) is 0 Å². The van der Waals surface area contributed by atoms with Crippen LogP contribution in [0.5, 0.6) is 0 Å². The Morgan fingerprint density at radius 1 is 1.26 bits per heavy atom. The molecule has 2 unspecified atom stereocenters. The molecule has 19 heavy (non-hydrogen) atoms. The van der Waals surface area contributed by atoms with E-state index >= 15 is 0 Å². The summed E-state index contributed by atoms with van der Waals surface area (Å²) in [4.78, 5) is 16.4. The van der Waals surface area contributed by atoms with Crippen LogP contribution in [0.4, 0.5) is 0 Å². The summed E-state index contributed by atoms with van der Waals surface area (Å²) in [7, 11) is 0. The van der Waals surface area contributed by atoms with E-state index in [1.54, 1.807) is 0 Å². The summed E-state index contributed by atoms with van der Waals surface area (Å²) < 4.78 is 5.72. The van der Waals surface area contributed by atoms with Crippen molar-refractivity contribution in [2.45, 2.75) is 50.2 Å². The van der Waals surface area contributed by atoms with Crippen LogP contribution >= 0.6 is 0 Å². The van der Waals surface area contributed by atoms with Crippen LogP contribution in [0, 0.1) is 5.92 Å². The van der Waals surface area contributed by atoms with Gasteiger partial charge in [0.1, 0.15) is 5.82 Å². The summed E-state index contributed by atoms with van der Waals surface area (Å²) in [5.41, 5.74) is 0. The van der Waals surface area contributed by atoms with Crippen LogP contribution in [0.3, 0.4) is 0 Å². The summed E-state index contributed by atoms with van der Waals surface area (Å²) in [5, 5.41) is 9.91. The van der Waals surface area contributed by atoms with Gasteiger partial charge in [-0.15, -0.1) is 5.10 Å². The standard InChI is InChI=1S/C13H18N4O2/c18-13(12-15-11(16-17-12)8-3-4-8)14-9-5-6-19-10(9)7-1-2-7/h7-10H,1-6H2,(H,14,18)(H,15,16,17). The molecule has 2 saturated carbocycles. The third-order valence-electron chi connectivity index (χ3n) is 4.21. The number of ether oxygens (including phenoxy) is 1. The number of rotatable bonds is 4. The van der Waals surface area contributed by atoms with E-state index in [-0.39, 0.29) is 23.9 Å². The van der Waals surface area contributed by atoms with Crippen LogP contribution in [0.2, 0.25) is 0 Å². The van der Waals surface area contributed by atoms with Gasteiger partial charge in [0.25, 0.3) is 5.91 Å². The van der Waals surface area contributed by atoms with Crippen molar-refractivity contribution in [3.05, 3.63) is 11.6 Å². The Morgan fingerprint density at radius 2 is 2.11 bits per heavy atom. The number of nitrogens with one attached hydrogen (secondary N) is 2. The number of hydrogen-bond donors (Lipinski definition) is 2. The third-order valence-corrected chi connectivity index (χ3v) is 4.21. The maximum absolute atomic E-state index is 12.1. The molecule has 0 radical (unpaired) electrons. The quantitative estimate of drug-likeness (QED) is 0.847. The van der Waals surface area contributed by atoms with E-state index < -0.39 is 0 Å². The van der Waals surface area contributed by atoms with Crippen molar-refractivity contribution < 1.29 is 9.53 Å². The highest BCUT2D eigenvalue weighted by atomic mass is 16.5. The number of H-pyrrole nitrogens is 1. The van der Waals surface area contributed by atoms with Crippen molar-refractivity contribution >= 4 is 5.91 Å². The number of nitrogens with zero attached hydrogens (tertiary/aromatic N) is 2. The largest absolute Gasteiger partial charge is 0.376 e. The topological polar surface area (TPSA) is 79.9 Å². The zero-order valence-corrected chi connectivity index (χ0v) is 10.8. The molecule has 0 spiro atoms. The first kappa shape index (κ1) is 11.4. The van der Waals surface area contributed by atoms with Gasteiger partial charge < -0.3 is 10.1 Å². The third kappa shape index (κ3) is 2.25. The Morgan fingerprint density at radius 3 is 2.84 bits per heavy atom. The van der Waals surface area contributed by atoms with Crippen molar-refractivity contribution in [1.82, 2.24) is 20.5 Å². The number of aromatic amines is 1. The van der Waals surface area contributed by atoms with Gasteiger partial charge in [-0.25, -0.2) is 4.98 Å². The molecule has 3 aliphatic rings. The van der Waals surface area contributed by atoms with E-state index in [4.69, 9.17) is 4.74 Å². The van der Waals surface area contributed by atoms with Gasteiger partial charge in [-0.3, -0.25) is 9.89 Å². The second-order valence-corrected chi connectivity index (χ2v) is 5.86. The van der Waals surface area contributed by atoms with E-state index in [1.165, 1.54) is 12.8 Å². The number of hydrogen-bond acceptors (Lipinski definition) is 4. The van der Waals surface area contributed by atoms with E-state index in [1.807, 2.05) is 0 Å². The lowest BCUT2D eigenvalue weighted by Gasteiger charge is -2.18. The first-order valence-electron chi connectivity index (χ1n) is 7.16. The summed E-state index contributed by atoms with van der Waals surface area (Å²) in [6.45, 7) is 0.743. The molecular formula is C13H18N4O2. The predicted molar refractivity (Wildman–Crippen MR) is 66.7 cm³/mol. The summed E-state index contributed by atoms with van der Waals surface area (Å²) in [6, 6.07) is 0.128. The van der Waals surface area contributed by atoms with E-state index in [0.717, 1.165) is 31.7 Å². The molecule has 102 valence electrons. The molecule has 1 aromatic rings. The molecule has 3 fully saturated rings. The Bertz CT molecular complexity index is 493. The van der Waals surface area contributed by atoms with E-state index in [9.17, 15) is 4.79 Å². The lowest BCUT2D eigenvalue weighted by Crippen LogP contribution is -2.41. The van der Waals surface area contributed by atoms with Gasteiger partial charge in [-0.2, -0.15) is 0 Å². The molecule has 2 heterocycles. The lowest BCUT2D eigenvalue weighted by atomic mass is 10.1. The maximum Gasteiger partial charge on any atom is 0.291 e. The minimum Gasteiger partial charge on any atom is -0.376 e. The zero-order valence-electron chi connectivity index (χ0n) is 10.8. The van der Waals surface area contributed by atoms with E-state index in [2.05, 4.69) is 20.5 Å². The van der Waals surface area contributed by atoms with Gasteiger partial charge in [-0.05, 0) is 38.0 Å². The fourth-order valence-corrected chi connectivity index (χ4v) is 2.80. The van der Waals surface area contributed by atoms with Crippen molar-refractivity contribution in [1.29, 1.82) is 0 Å². The number of carbonyl (C=O) groups is 1. The second-order valence-electron chi connectivity index (χ2n) is 5.86. The zero-order chi connectivity index (χ0) is 12.8. The number of aromatic nitrogens is 3. The molecule has 1 saturated heterocycles. The molecule has 4 rings (SSSR count). The number of carbonyl (C=O) groups excluding carboxylic acids is 1. The van der Waals surface area contributed by atoms with Crippen molar-refractivity contribution in [2.75, 3.05) is 6.61 Å². The fourth-order valence-electron chi connectivity index (χ4n) is 2.80. The van der Waals surface area contributed by atoms with Crippen molar-refractivity contribution in [3.8, 4) is 0 Å². The van der Waals surface area contributed by atoms with E-state index in [0.29, 0.717) is 11.8 Å². The second kappa shape index (κ2) is 4.30. The van der Waals surface area contributed by atoms with Gasteiger partial charge in [0, 0.05) is 12.5 Å². The molecule has 0 bridgehead atoms. The van der Waals surface area contributed by atoms with Gasteiger partial charge in [-0.1, -0.05) is 0 Å². The Labute approximate surface area is 111 Å². The van der Waals surface area contributed by atoms with Crippen molar-refractivity contribution in [2.24, 2.45) is 5.92 Å². The average Bonchev–Trinajstić information content (AvgIpc) is 3.34. The summed E-state index contributed by atoms with van der Waals surface area (Å²) in [6.07, 6.45) is 5.85. The Kier molecular flexibility index (Phi) is 2.58. The molecule has 1 aliphatic heterocycles. The van der Waals surface area contributed by atoms with Gasteiger partial charge >= 0.3 is 0 Å². The first-order chi connectivity index (χ1) is 9.31.